The van der Waals surface area contributed by atoms with E-state index in [-0.39, 0.29) is 5.82 Å². The molecule has 0 saturated heterocycles. The summed E-state index contributed by atoms with van der Waals surface area (Å²) in [5.41, 5.74) is 8.09. The number of rotatable bonds is 4. The first kappa shape index (κ1) is 13.2. The molecule has 0 aliphatic rings. The Morgan fingerprint density at radius 2 is 1.89 bits per heavy atom. The molecule has 19 heavy (non-hydrogen) atoms. The van der Waals surface area contributed by atoms with Crippen LogP contribution >= 0.6 is 0 Å². The summed E-state index contributed by atoms with van der Waals surface area (Å²) in [6.45, 7) is 2.18. The maximum atomic E-state index is 13.0. The van der Waals surface area contributed by atoms with Crippen molar-refractivity contribution >= 4 is 5.69 Å². The molecule has 0 saturated carbocycles. The molecule has 2 aromatic rings. The number of hydrogen-bond donors (Lipinski definition) is 1. The molecular weight excluding hydrogens is 245 g/mol. The highest BCUT2D eigenvalue weighted by Gasteiger charge is 2.06. The zero-order valence-corrected chi connectivity index (χ0v) is 10.9. The van der Waals surface area contributed by atoms with Crippen molar-refractivity contribution < 1.29 is 13.9 Å². The molecule has 2 aromatic carbocycles. The third-order valence-electron chi connectivity index (χ3n) is 2.88. The first-order valence-corrected chi connectivity index (χ1v) is 5.91. The quantitative estimate of drug-likeness (QED) is 0.859. The number of halogens is 1. The molecule has 0 aliphatic heterocycles. The lowest BCUT2D eigenvalue weighted by atomic mass is 10.1. The lowest BCUT2D eigenvalue weighted by Crippen LogP contribution is -2.00. The predicted molar refractivity (Wildman–Crippen MR) is 72.9 cm³/mol. The fourth-order valence-electron chi connectivity index (χ4n) is 1.78. The van der Waals surface area contributed by atoms with E-state index < -0.39 is 0 Å². The molecule has 4 heteroatoms. The van der Waals surface area contributed by atoms with Crippen LogP contribution in [0.2, 0.25) is 0 Å². The number of hydrogen-bond acceptors (Lipinski definition) is 3. The first-order chi connectivity index (χ1) is 9.10. The second-order valence-electron chi connectivity index (χ2n) is 4.27. The van der Waals surface area contributed by atoms with E-state index in [0.717, 1.165) is 11.1 Å². The minimum Gasteiger partial charge on any atom is -0.493 e. The van der Waals surface area contributed by atoms with Crippen molar-refractivity contribution in [1.29, 1.82) is 0 Å². The monoisotopic (exact) mass is 261 g/mol. The number of anilines is 1. The Morgan fingerprint density at radius 1 is 1.11 bits per heavy atom. The minimum absolute atomic E-state index is 0.247. The van der Waals surface area contributed by atoms with E-state index in [1.165, 1.54) is 12.1 Å². The van der Waals surface area contributed by atoms with E-state index in [4.69, 9.17) is 15.2 Å². The third kappa shape index (κ3) is 3.16. The van der Waals surface area contributed by atoms with Gasteiger partial charge in [-0.3, -0.25) is 0 Å². The van der Waals surface area contributed by atoms with Crippen LogP contribution in [0.5, 0.6) is 11.5 Å². The standard InChI is InChI=1S/C15H16FNO2/c1-10-7-12(16)4-3-11(10)9-19-15-8-13(17)5-6-14(15)18-2/h3-8H,9,17H2,1-2H3. The van der Waals surface area contributed by atoms with Crippen molar-refractivity contribution in [3.05, 3.63) is 53.3 Å². The van der Waals surface area contributed by atoms with Crippen LogP contribution in [0.15, 0.2) is 36.4 Å². The summed E-state index contributed by atoms with van der Waals surface area (Å²) in [5.74, 6) is 0.947. The molecule has 0 fully saturated rings. The smallest absolute Gasteiger partial charge is 0.163 e. The van der Waals surface area contributed by atoms with E-state index in [1.807, 2.05) is 6.92 Å². The average molecular weight is 261 g/mol. The zero-order valence-electron chi connectivity index (χ0n) is 10.9. The Labute approximate surface area is 111 Å². The van der Waals surface area contributed by atoms with Crippen LogP contribution in [-0.2, 0) is 6.61 Å². The van der Waals surface area contributed by atoms with Gasteiger partial charge in [0.05, 0.1) is 7.11 Å². The van der Waals surface area contributed by atoms with Gasteiger partial charge in [-0.25, -0.2) is 4.39 Å². The highest BCUT2D eigenvalue weighted by atomic mass is 19.1. The van der Waals surface area contributed by atoms with Gasteiger partial charge in [0.25, 0.3) is 0 Å². The Morgan fingerprint density at radius 3 is 2.58 bits per heavy atom. The Hall–Kier alpha value is -2.23. The van der Waals surface area contributed by atoms with Crippen molar-refractivity contribution in [2.75, 3.05) is 12.8 Å². The van der Waals surface area contributed by atoms with Gasteiger partial charge in [-0.1, -0.05) is 6.07 Å². The van der Waals surface area contributed by atoms with Gasteiger partial charge in [0.15, 0.2) is 11.5 Å². The molecule has 0 aromatic heterocycles. The Kier molecular flexibility index (Phi) is 3.90. The summed E-state index contributed by atoms with van der Waals surface area (Å²) < 4.78 is 23.9. The maximum Gasteiger partial charge on any atom is 0.163 e. The molecule has 0 amide bonds. The van der Waals surface area contributed by atoms with Crippen molar-refractivity contribution in [3.63, 3.8) is 0 Å². The zero-order chi connectivity index (χ0) is 13.8. The third-order valence-corrected chi connectivity index (χ3v) is 2.88. The van der Waals surface area contributed by atoms with Gasteiger partial charge < -0.3 is 15.2 Å². The van der Waals surface area contributed by atoms with E-state index >= 15 is 0 Å². The van der Waals surface area contributed by atoms with Crippen molar-refractivity contribution in [1.82, 2.24) is 0 Å². The van der Waals surface area contributed by atoms with Gasteiger partial charge >= 0.3 is 0 Å². The van der Waals surface area contributed by atoms with E-state index in [9.17, 15) is 4.39 Å². The lowest BCUT2D eigenvalue weighted by Gasteiger charge is -2.12. The second-order valence-corrected chi connectivity index (χ2v) is 4.27. The van der Waals surface area contributed by atoms with E-state index in [1.54, 1.807) is 31.4 Å². The molecule has 0 unspecified atom stereocenters. The summed E-state index contributed by atoms with van der Waals surface area (Å²) in [6, 6.07) is 9.82. The lowest BCUT2D eigenvalue weighted by molar-refractivity contribution is 0.284. The molecule has 0 radical (unpaired) electrons. The summed E-state index contributed by atoms with van der Waals surface area (Å²) in [7, 11) is 1.57. The average Bonchev–Trinajstić information content (AvgIpc) is 2.38. The number of benzene rings is 2. The topological polar surface area (TPSA) is 44.5 Å². The summed E-state index contributed by atoms with van der Waals surface area (Å²) >= 11 is 0. The summed E-state index contributed by atoms with van der Waals surface area (Å²) in [5, 5.41) is 0. The molecular formula is C15H16FNO2. The second kappa shape index (κ2) is 5.61. The van der Waals surface area contributed by atoms with Crippen LogP contribution < -0.4 is 15.2 Å². The number of ether oxygens (including phenoxy) is 2. The molecule has 0 atom stereocenters. The molecule has 2 rings (SSSR count). The molecule has 100 valence electrons. The Balaban J connectivity index is 2.16. The van der Waals surface area contributed by atoms with Crippen molar-refractivity contribution in [2.45, 2.75) is 13.5 Å². The Bertz CT molecular complexity index is 584. The minimum atomic E-state index is -0.247. The van der Waals surface area contributed by atoms with Gasteiger partial charge in [0, 0.05) is 11.8 Å². The highest BCUT2D eigenvalue weighted by Crippen LogP contribution is 2.29. The molecule has 0 bridgehead atoms. The number of nitrogen functional groups attached to an aromatic ring is 1. The summed E-state index contributed by atoms with van der Waals surface area (Å²) in [6.07, 6.45) is 0. The molecule has 0 heterocycles. The van der Waals surface area contributed by atoms with Gasteiger partial charge in [-0.2, -0.15) is 0 Å². The fourth-order valence-corrected chi connectivity index (χ4v) is 1.78. The normalized spacial score (nSPS) is 10.3. The first-order valence-electron chi connectivity index (χ1n) is 5.91. The molecule has 2 N–H and O–H groups in total. The van der Waals surface area contributed by atoms with Gasteiger partial charge in [-0.15, -0.1) is 0 Å². The molecule has 3 nitrogen and oxygen atoms in total. The van der Waals surface area contributed by atoms with E-state index in [0.29, 0.717) is 23.8 Å². The predicted octanol–water partition coefficient (Wildman–Crippen LogP) is 3.30. The highest BCUT2D eigenvalue weighted by molar-refractivity contribution is 5.52. The maximum absolute atomic E-state index is 13.0. The number of nitrogens with two attached hydrogens (primary N) is 1. The van der Waals surface area contributed by atoms with Gasteiger partial charge in [0.1, 0.15) is 12.4 Å². The number of aryl methyl sites for hydroxylation is 1. The van der Waals surface area contributed by atoms with Gasteiger partial charge in [0.2, 0.25) is 0 Å². The van der Waals surface area contributed by atoms with Crippen molar-refractivity contribution in [3.8, 4) is 11.5 Å². The van der Waals surface area contributed by atoms with E-state index in [2.05, 4.69) is 0 Å². The van der Waals surface area contributed by atoms with Crippen LogP contribution in [0.3, 0.4) is 0 Å². The SMILES string of the molecule is COc1ccc(N)cc1OCc1ccc(F)cc1C. The fraction of sp³-hybridized carbons (Fsp3) is 0.200. The molecule has 0 spiro atoms. The van der Waals surface area contributed by atoms with Crippen LogP contribution in [0, 0.1) is 12.7 Å². The van der Waals surface area contributed by atoms with Crippen molar-refractivity contribution in [2.24, 2.45) is 0 Å². The van der Waals surface area contributed by atoms with Crippen LogP contribution in [-0.4, -0.2) is 7.11 Å². The van der Waals surface area contributed by atoms with Gasteiger partial charge in [-0.05, 0) is 42.3 Å². The van der Waals surface area contributed by atoms with Crippen LogP contribution in [0.1, 0.15) is 11.1 Å². The largest absolute Gasteiger partial charge is 0.493 e. The number of methoxy groups -OCH3 is 1. The summed E-state index contributed by atoms with van der Waals surface area (Å²) in [4.78, 5) is 0. The molecule has 0 aliphatic carbocycles. The van der Waals surface area contributed by atoms with Crippen LogP contribution in [0.4, 0.5) is 10.1 Å². The van der Waals surface area contributed by atoms with Crippen LogP contribution in [0.25, 0.3) is 0 Å².